The van der Waals surface area contributed by atoms with Crippen LogP contribution >= 0.6 is 0 Å². The van der Waals surface area contributed by atoms with Crippen LogP contribution < -0.4 is 10.2 Å². The number of morpholine rings is 1. The molecule has 2 aromatic rings. The number of hydrogen-bond donors (Lipinski definition) is 1. The molecule has 0 aliphatic carbocycles. The average Bonchev–Trinajstić information content (AvgIpc) is 3.08. The Morgan fingerprint density at radius 1 is 1.15 bits per heavy atom. The summed E-state index contributed by atoms with van der Waals surface area (Å²) in [6.45, 7) is 10.0. The Morgan fingerprint density at radius 2 is 1.89 bits per heavy atom. The van der Waals surface area contributed by atoms with E-state index in [1.165, 1.54) is 0 Å². The van der Waals surface area contributed by atoms with E-state index in [1.807, 2.05) is 32.0 Å². The molecule has 1 atom stereocenters. The molecule has 27 heavy (non-hydrogen) atoms. The second kappa shape index (κ2) is 8.67. The maximum atomic E-state index is 5.93. The van der Waals surface area contributed by atoms with Crippen LogP contribution in [0.1, 0.15) is 43.2 Å². The molecule has 0 bridgehead atoms. The van der Waals surface area contributed by atoms with Gasteiger partial charge in [0.25, 0.3) is 0 Å². The molecule has 1 aliphatic rings. The molecule has 0 saturated carbocycles. The predicted molar refractivity (Wildman–Crippen MR) is 105 cm³/mol. The van der Waals surface area contributed by atoms with Crippen LogP contribution in [-0.2, 0) is 4.74 Å². The zero-order valence-electron chi connectivity index (χ0n) is 16.9. The van der Waals surface area contributed by atoms with Gasteiger partial charge in [-0.1, -0.05) is 13.8 Å². The van der Waals surface area contributed by atoms with Gasteiger partial charge in [-0.2, -0.15) is 15.0 Å². The first-order chi connectivity index (χ1) is 12.9. The van der Waals surface area contributed by atoms with Gasteiger partial charge in [-0.25, -0.2) is 0 Å². The summed E-state index contributed by atoms with van der Waals surface area (Å²) in [6.07, 6.45) is 0. The molecule has 0 amide bonds. The number of nitrogens with one attached hydrogen (secondary N) is 1. The van der Waals surface area contributed by atoms with E-state index in [0.717, 1.165) is 43.6 Å². The minimum absolute atomic E-state index is 0.102. The molecule has 3 rings (SSSR count). The Balaban J connectivity index is 1.80. The molecule has 8 heteroatoms. The quantitative estimate of drug-likeness (QED) is 0.792. The Hall–Kier alpha value is -2.19. The molecule has 148 valence electrons. The van der Waals surface area contributed by atoms with Crippen molar-refractivity contribution in [3.8, 4) is 0 Å². The molecular weight excluding hydrogens is 344 g/mol. The summed E-state index contributed by atoms with van der Waals surface area (Å²) in [5.74, 6) is 4.14. The van der Waals surface area contributed by atoms with Gasteiger partial charge in [-0.15, -0.1) is 0 Å². The Morgan fingerprint density at radius 3 is 2.48 bits per heavy atom. The fourth-order valence-electron chi connectivity index (χ4n) is 3.04. The van der Waals surface area contributed by atoms with E-state index < -0.39 is 0 Å². The summed E-state index contributed by atoms with van der Waals surface area (Å²) in [5.41, 5.74) is 0. The van der Waals surface area contributed by atoms with Crippen molar-refractivity contribution in [2.75, 3.05) is 57.2 Å². The van der Waals surface area contributed by atoms with Gasteiger partial charge < -0.3 is 19.4 Å². The second-order valence-electron chi connectivity index (χ2n) is 7.36. The first-order valence-corrected chi connectivity index (χ1v) is 9.49. The van der Waals surface area contributed by atoms with Crippen molar-refractivity contribution in [1.82, 2.24) is 19.9 Å². The van der Waals surface area contributed by atoms with Crippen molar-refractivity contribution in [2.24, 2.45) is 0 Å². The van der Waals surface area contributed by atoms with Crippen molar-refractivity contribution < 1.29 is 9.15 Å². The van der Waals surface area contributed by atoms with Crippen LogP contribution in [0.4, 0.5) is 11.9 Å². The zero-order valence-corrected chi connectivity index (χ0v) is 16.9. The van der Waals surface area contributed by atoms with E-state index in [4.69, 9.17) is 9.15 Å². The first-order valence-electron chi connectivity index (χ1n) is 9.49. The van der Waals surface area contributed by atoms with Gasteiger partial charge in [0.05, 0.1) is 19.3 Å². The van der Waals surface area contributed by atoms with E-state index in [-0.39, 0.29) is 12.0 Å². The van der Waals surface area contributed by atoms with Gasteiger partial charge in [0.15, 0.2) is 0 Å². The fraction of sp³-hybridized carbons (Fsp3) is 0.632. The van der Waals surface area contributed by atoms with Crippen molar-refractivity contribution in [2.45, 2.75) is 32.7 Å². The second-order valence-corrected chi connectivity index (χ2v) is 7.36. The summed E-state index contributed by atoms with van der Waals surface area (Å²) in [6, 6.07) is 4.16. The van der Waals surface area contributed by atoms with E-state index in [1.54, 1.807) is 0 Å². The molecule has 0 radical (unpaired) electrons. The molecule has 1 aliphatic heterocycles. The normalized spacial score (nSPS) is 16.5. The van der Waals surface area contributed by atoms with Gasteiger partial charge in [-0.05, 0) is 19.1 Å². The van der Waals surface area contributed by atoms with Gasteiger partial charge in [0, 0.05) is 39.6 Å². The van der Waals surface area contributed by atoms with Crippen LogP contribution in [0.5, 0.6) is 0 Å². The topological polar surface area (TPSA) is 79.6 Å². The van der Waals surface area contributed by atoms with Gasteiger partial charge >= 0.3 is 0 Å². The third-order valence-corrected chi connectivity index (χ3v) is 4.59. The summed E-state index contributed by atoms with van der Waals surface area (Å²) in [7, 11) is 3.87. The third kappa shape index (κ3) is 4.95. The van der Waals surface area contributed by atoms with E-state index >= 15 is 0 Å². The van der Waals surface area contributed by atoms with Crippen molar-refractivity contribution in [3.05, 3.63) is 29.5 Å². The van der Waals surface area contributed by atoms with Crippen molar-refractivity contribution >= 4 is 11.9 Å². The van der Waals surface area contributed by atoms with Crippen LogP contribution in [0.2, 0.25) is 0 Å². The number of aryl methyl sites for hydroxylation is 1. The molecule has 0 aromatic carbocycles. The van der Waals surface area contributed by atoms with Gasteiger partial charge in [0.1, 0.15) is 17.3 Å². The number of furan rings is 1. The van der Waals surface area contributed by atoms with Crippen molar-refractivity contribution in [3.63, 3.8) is 0 Å². The number of nitrogens with zero attached hydrogens (tertiary/aromatic N) is 5. The predicted octanol–water partition coefficient (Wildman–Crippen LogP) is 2.45. The summed E-state index contributed by atoms with van der Waals surface area (Å²) >= 11 is 0. The standard InChI is InChI=1S/C19H30N6O2/c1-13(2)17-21-18(23-19(22-17)24(4)5)20-12-15(16-7-6-14(3)27-16)25-8-10-26-11-9-25/h6-7,13,15H,8-12H2,1-5H3,(H,20,21,22,23). The molecule has 1 N–H and O–H groups in total. The molecule has 1 fully saturated rings. The number of aromatic nitrogens is 3. The van der Waals surface area contributed by atoms with Crippen LogP contribution in [-0.4, -0.2) is 66.8 Å². The Kier molecular flexibility index (Phi) is 6.28. The molecule has 2 aromatic heterocycles. The summed E-state index contributed by atoms with van der Waals surface area (Å²) in [5, 5.41) is 3.41. The number of ether oxygens (including phenoxy) is 1. The molecule has 1 unspecified atom stereocenters. The molecule has 8 nitrogen and oxygen atoms in total. The SMILES string of the molecule is Cc1ccc(C(CNc2nc(C(C)C)nc(N(C)C)n2)N2CCOCC2)o1. The number of hydrogen-bond acceptors (Lipinski definition) is 8. The lowest BCUT2D eigenvalue weighted by molar-refractivity contribution is 0.0143. The fourth-order valence-corrected chi connectivity index (χ4v) is 3.04. The lowest BCUT2D eigenvalue weighted by Gasteiger charge is -2.33. The molecule has 3 heterocycles. The van der Waals surface area contributed by atoms with Crippen LogP contribution in [0.15, 0.2) is 16.5 Å². The maximum Gasteiger partial charge on any atom is 0.229 e. The first kappa shape index (κ1) is 19.6. The van der Waals surface area contributed by atoms with E-state index in [9.17, 15) is 0 Å². The minimum Gasteiger partial charge on any atom is -0.465 e. The lowest BCUT2D eigenvalue weighted by atomic mass is 10.1. The van der Waals surface area contributed by atoms with Crippen LogP contribution in [0, 0.1) is 6.92 Å². The van der Waals surface area contributed by atoms with E-state index in [0.29, 0.717) is 18.4 Å². The smallest absolute Gasteiger partial charge is 0.229 e. The molecular formula is C19H30N6O2. The van der Waals surface area contributed by atoms with E-state index in [2.05, 4.69) is 45.1 Å². The van der Waals surface area contributed by atoms with Crippen LogP contribution in [0.25, 0.3) is 0 Å². The highest BCUT2D eigenvalue weighted by atomic mass is 16.5. The monoisotopic (exact) mass is 374 g/mol. The highest BCUT2D eigenvalue weighted by Gasteiger charge is 2.25. The highest BCUT2D eigenvalue weighted by Crippen LogP contribution is 2.24. The average molecular weight is 374 g/mol. The molecule has 0 spiro atoms. The maximum absolute atomic E-state index is 5.93. The number of anilines is 2. The van der Waals surface area contributed by atoms with Gasteiger partial charge in [-0.3, -0.25) is 4.90 Å². The highest BCUT2D eigenvalue weighted by molar-refractivity contribution is 5.36. The van der Waals surface area contributed by atoms with Gasteiger partial charge in [0.2, 0.25) is 11.9 Å². The molecule has 1 saturated heterocycles. The third-order valence-electron chi connectivity index (χ3n) is 4.59. The lowest BCUT2D eigenvalue weighted by Crippen LogP contribution is -2.41. The van der Waals surface area contributed by atoms with Crippen LogP contribution in [0.3, 0.4) is 0 Å². The van der Waals surface area contributed by atoms with Crippen molar-refractivity contribution in [1.29, 1.82) is 0 Å². The Labute approximate surface area is 160 Å². The largest absolute Gasteiger partial charge is 0.465 e. The summed E-state index contributed by atoms with van der Waals surface area (Å²) < 4.78 is 11.4. The minimum atomic E-state index is 0.102. The zero-order chi connectivity index (χ0) is 19.4. The number of rotatable bonds is 7. The summed E-state index contributed by atoms with van der Waals surface area (Å²) in [4.78, 5) is 18.0. The Bertz CT molecular complexity index is 713.